The maximum Gasteiger partial charge on any atom is 0.329 e. The van der Waals surface area contributed by atoms with Crippen molar-refractivity contribution in [3.05, 3.63) is 0 Å². The SMILES string of the molecule is CCNC(COCCCC(C)C)(C(=O)OCC)C1CC1. The number of rotatable bonds is 11. The molecule has 0 aromatic rings. The number of nitrogens with one attached hydrogen (secondary N) is 1. The standard InChI is InChI=1S/C16H31NO3/c1-5-17-16(14-9-10-14,15(18)20-6-2)12-19-11-7-8-13(3)4/h13-14,17H,5-12H2,1-4H3. The van der Waals surface area contributed by atoms with E-state index in [0.29, 0.717) is 25.0 Å². The topological polar surface area (TPSA) is 47.6 Å². The third-order valence-corrected chi connectivity index (χ3v) is 3.81. The Morgan fingerprint density at radius 3 is 2.55 bits per heavy atom. The Kier molecular flexibility index (Phi) is 7.52. The van der Waals surface area contributed by atoms with Crippen LogP contribution in [0.2, 0.25) is 0 Å². The summed E-state index contributed by atoms with van der Waals surface area (Å²) in [6.07, 6.45) is 4.38. The fourth-order valence-corrected chi connectivity index (χ4v) is 2.59. The van der Waals surface area contributed by atoms with Crippen LogP contribution in [0.4, 0.5) is 0 Å². The van der Waals surface area contributed by atoms with Crippen LogP contribution in [-0.4, -0.2) is 37.9 Å². The highest BCUT2D eigenvalue weighted by atomic mass is 16.5. The highest BCUT2D eigenvalue weighted by Gasteiger charge is 2.51. The third-order valence-electron chi connectivity index (χ3n) is 3.81. The molecule has 4 heteroatoms. The van der Waals surface area contributed by atoms with Crippen molar-refractivity contribution in [2.24, 2.45) is 11.8 Å². The minimum Gasteiger partial charge on any atom is -0.465 e. The molecule has 0 saturated heterocycles. The van der Waals surface area contributed by atoms with Gasteiger partial charge in [0.15, 0.2) is 0 Å². The van der Waals surface area contributed by atoms with Crippen molar-refractivity contribution >= 4 is 5.97 Å². The Labute approximate surface area is 123 Å². The van der Waals surface area contributed by atoms with Gasteiger partial charge in [-0.05, 0) is 51.0 Å². The number of hydrogen-bond acceptors (Lipinski definition) is 4. The predicted molar refractivity (Wildman–Crippen MR) is 80.7 cm³/mol. The summed E-state index contributed by atoms with van der Waals surface area (Å²) in [6, 6.07) is 0. The average molecular weight is 285 g/mol. The Hall–Kier alpha value is -0.610. The lowest BCUT2D eigenvalue weighted by atomic mass is 9.94. The second-order valence-corrected chi connectivity index (χ2v) is 6.09. The number of esters is 1. The van der Waals surface area contributed by atoms with Crippen LogP contribution >= 0.6 is 0 Å². The van der Waals surface area contributed by atoms with Gasteiger partial charge in [-0.25, -0.2) is 4.79 Å². The van der Waals surface area contributed by atoms with Crippen LogP contribution in [0.15, 0.2) is 0 Å². The van der Waals surface area contributed by atoms with Crippen molar-refractivity contribution in [3.63, 3.8) is 0 Å². The summed E-state index contributed by atoms with van der Waals surface area (Å²) in [7, 11) is 0. The van der Waals surface area contributed by atoms with Gasteiger partial charge in [-0.1, -0.05) is 20.8 Å². The molecule has 118 valence electrons. The molecule has 1 fully saturated rings. The molecule has 20 heavy (non-hydrogen) atoms. The van der Waals surface area contributed by atoms with Crippen molar-refractivity contribution in [3.8, 4) is 0 Å². The van der Waals surface area contributed by atoms with Gasteiger partial charge in [0.05, 0.1) is 13.2 Å². The number of hydrogen-bond donors (Lipinski definition) is 1. The molecule has 0 aromatic heterocycles. The zero-order chi connectivity index (χ0) is 15.0. The third kappa shape index (κ3) is 5.06. The molecule has 4 nitrogen and oxygen atoms in total. The molecular weight excluding hydrogens is 254 g/mol. The summed E-state index contributed by atoms with van der Waals surface area (Å²) in [5.74, 6) is 0.922. The number of likely N-dealkylation sites (N-methyl/N-ethyl adjacent to an activating group) is 1. The van der Waals surface area contributed by atoms with E-state index in [9.17, 15) is 4.79 Å². The predicted octanol–water partition coefficient (Wildman–Crippen LogP) is 2.76. The van der Waals surface area contributed by atoms with Crippen molar-refractivity contribution in [2.75, 3.05) is 26.4 Å². The van der Waals surface area contributed by atoms with Crippen LogP contribution < -0.4 is 5.32 Å². The van der Waals surface area contributed by atoms with E-state index in [0.717, 1.165) is 38.8 Å². The van der Waals surface area contributed by atoms with Crippen LogP contribution in [0.5, 0.6) is 0 Å². The second kappa shape index (κ2) is 8.63. The number of carbonyl (C=O) groups excluding carboxylic acids is 1. The molecule has 0 radical (unpaired) electrons. The second-order valence-electron chi connectivity index (χ2n) is 6.09. The highest BCUT2D eigenvalue weighted by Crippen LogP contribution is 2.40. The van der Waals surface area contributed by atoms with E-state index in [1.54, 1.807) is 0 Å². The Bertz CT molecular complexity index is 289. The van der Waals surface area contributed by atoms with E-state index in [-0.39, 0.29) is 5.97 Å². The minimum atomic E-state index is -0.622. The first kappa shape index (κ1) is 17.4. The minimum absolute atomic E-state index is 0.145. The van der Waals surface area contributed by atoms with E-state index < -0.39 is 5.54 Å². The normalized spacial score (nSPS) is 18.1. The molecule has 1 aliphatic rings. The lowest BCUT2D eigenvalue weighted by Crippen LogP contribution is -2.58. The van der Waals surface area contributed by atoms with Gasteiger partial charge in [-0.3, -0.25) is 5.32 Å². The van der Waals surface area contributed by atoms with E-state index in [1.165, 1.54) is 0 Å². The van der Waals surface area contributed by atoms with Gasteiger partial charge in [0.25, 0.3) is 0 Å². The van der Waals surface area contributed by atoms with Crippen molar-refractivity contribution < 1.29 is 14.3 Å². The molecule has 0 aromatic carbocycles. The van der Waals surface area contributed by atoms with Crippen LogP contribution in [0.1, 0.15) is 53.4 Å². The van der Waals surface area contributed by atoms with Crippen molar-refractivity contribution in [2.45, 2.75) is 58.9 Å². The van der Waals surface area contributed by atoms with Crippen LogP contribution in [0.25, 0.3) is 0 Å². The quantitative estimate of drug-likeness (QED) is 0.468. The summed E-state index contributed by atoms with van der Waals surface area (Å²) >= 11 is 0. The lowest BCUT2D eigenvalue weighted by Gasteiger charge is -2.32. The fraction of sp³-hybridized carbons (Fsp3) is 0.938. The molecule has 1 unspecified atom stereocenters. The summed E-state index contributed by atoms with van der Waals surface area (Å²) < 4.78 is 11.1. The van der Waals surface area contributed by atoms with E-state index >= 15 is 0 Å². The molecule has 1 saturated carbocycles. The molecule has 0 bridgehead atoms. The van der Waals surface area contributed by atoms with Crippen LogP contribution in [0.3, 0.4) is 0 Å². The van der Waals surface area contributed by atoms with Gasteiger partial charge < -0.3 is 9.47 Å². The molecule has 0 spiro atoms. The number of ether oxygens (including phenoxy) is 2. The van der Waals surface area contributed by atoms with Gasteiger partial charge in [-0.15, -0.1) is 0 Å². The zero-order valence-electron chi connectivity index (χ0n) is 13.5. The van der Waals surface area contributed by atoms with E-state index in [2.05, 4.69) is 19.2 Å². The first-order chi connectivity index (χ1) is 9.56. The maximum atomic E-state index is 12.3. The largest absolute Gasteiger partial charge is 0.465 e. The molecule has 1 rings (SSSR count). The van der Waals surface area contributed by atoms with Gasteiger partial charge >= 0.3 is 5.97 Å². The summed E-state index contributed by atoms with van der Waals surface area (Å²) in [5, 5.41) is 3.34. The van der Waals surface area contributed by atoms with E-state index in [4.69, 9.17) is 9.47 Å². The fourth-order valence-electron chi connectivity index (χ4n) is 2.59. The van der Waals surface area contributed by atoms with Gasteiger partial charge in [0.2, 0.25) is 0 Å². The molecule has 0 aliphatic heterocycles. The Balaban J connectivity index is 2.51. The molecule has 1 aliphatic carbocycles. The first-order valence-corrected chi connectivity index (χ1v) is 8.06. The maximum absolute atomic E-state index is 12.3. The van der Waals surface area contributed by atoms with Crippen LogP contribution in [-0.2, 0) is 14.3 Å². The summed E-state index contributed by atoms with van der Waals surface area (Å²) in [5.41, 5.74) is -0.622. The molecular formula is C16H31NO3. The van der Waals surface area contributed by atoms with Gasteiger partial charge in [0, 0.05) is 6.61 Å². The zero-order valence-corrected chi connectivity index (χ0v) is 13.5. The molecule has 0 heterocycles. The average Bonchev–Trinajstić information content (AvgIpc) is 3.21. The highest BCUT2D eigenvalue weighted by molar-refractivity contribution is 5.82. The Morgan fingerprint density at radius 2 is 2.05 bits per heavy atom. The van der Waals surface area contributed by atoms with Gasteiger partial charge in [0.1, 0.15) is 5.54 Å². The molecule has 1 N–H and O–H groups in total. The summed E-state index contributed by atoms with van der Waals surface area (Å²) in [4.78, 5) is 12.3. The first-order valence-electron chi connectivity index (χ1n) is 8.06. The number of carbonyl (C=O) groups is 1. The molecule has 1 atom stereocenters. The monoisotopic (exact) mass is 285 g/mol. The van der Waals surface area contributed by atoms with Crippen molar-refractivity contribution in [1.82, 2.24) is 5.32 Å². The molecule has 0 amide bonds. The smallest absolute Gasteiger partial charge is 0.329 e. The van der Waals surface area contributed by atoms with Crippen LogP contribution in [0, 0.1) is 11.8 Å². The summed E-state index contributed by atoms with van der Waals surface area (Å²) in [6.45, 7) is 10.6. The van der Waals surface area contributed by atoms with Crippen molar-refractivity contribution in [1.29, 1.82) is 0 Å². The Morgan fingerprint density at radius 1 is 1.35 bits per heavy atom. The van der Waals surface area contributed by atoms with E-state index in [1.807, 2.05) is 13.8 Å². The van der Waals surface area contributed by atoms with Gasteiger partial charge in [-0.2, -0.15) is 0 Å². The lowest BCUT2D eigenvalue weighted by molar-refractivity contribution is -0.155.